The molecule has 8 heteroatoms. The summed E-state index contributed by atoms with van der Waals surface area (Å²) in [6.07, 6.45) is 0. The molecule has 0 saturated carbocycles. The first-order valence-electron chi connectivity index (χ1n) is 5.46. The van der Waals surface area contributed by atoms with Gasteiger partial charge in [-0.25, -0.2) is 19.9 Å². The summed E-state index contributed by atoms with van der Waals surface area (Å²) in [6, 6.07) is 7.46. The molecule has 3 N–H and O–H groups in total. The first-order valence-corrected chi connectivity index (χ1v) is 6.28. The van der Waals surface area contributed by atoms with Crippen LogP contribution in [0.15, 0.2) is 39.2 Å². The highest BCUT2D eigenvalue weighted by atomic mass is 32.2. The fourth-order valence-electron chi connectivity index (χ4n) is 1.58. The average molecular weight is 274 g/mol. The average Bonchev–Trinajstić information content (AvgIpc) is 2.71. The number of hydrogen-bond acceptors (Lipinski definition) is 6. The molecule has 0 spiro atoms. The molecule has 0 saturated heterocycles. The van der Waals surface area contributed by atoms with E-state index < -0.39 is 0 Å². The van der Waals surface area contributed by atoms with Crippen LogP contribution in [0.5, 0.6) is 0 Å². The number of para-hydroxylation sites is 2. The summed E-state index contributed by atoms with van der Waals surface area (Å²) in [5, 5.41) is 7.27. The quantitative estimate of drug-likeness (QED) is 0.716. The topological polar surface area (TPSA) is 102 Å². The van der Waals surface area contributed by atoms with Crippen LogP contribution in [0.3, 0.4) is 0 Å². The van der Waals surface area contributed by atoms with E-state index in [0.29, 0.717) is 16.0 Å². The predicted molar refractivity (Wildman–Crippen MR) is 71.9 cm³/mol. The minimum atomic E-state index is -0.283. The molecular weight excluding hydrogens is 264 g/mol. The Kier molecular flexibility index (Phi) is 2.71. The summed E-state index contributed by atoms with van der Waals surface area (Å²) in [7, 11) is 1.62. The Balaban J connectivity index is 2.07. The molecule has 2 heterocycles. The van der Waals surface area contributed by atoms with Gasteiger partial charge in [-0.05, 0) is 23.9 Å². The molecular formula is C11H10N6OS. The van der Waals surface area contributed by atoms with E-state index in [0.717, 1.165) is 11.0 Å². The van der Waals surface area contributed by atoms with Gasteiger partial charge in [0, 0.05) is 7.05 Å². The number of H-pyrrole nitrogens is 1. The largest absolute Gasteiger partial charge is 0.381 e. The number of hydrogen-bond donors (Lipinski definition) is 2. The second kappa shape index (κ2) is 4.39. The molecule has 7 nitrogen and oxygen atoms in total. The summed E-state index contributed by atoms with van der Waals surface area (Å²) in [5.74, 6) is 0.319. The molecule has 2 aromatic heterocycles. The predicted octanol–water partition coefficient (Wildman–Crippen LogP) is 0.785. The number of nitrogen functional groups attached to an aromatic ring is 1. The van der Waals surface area contributed by atoms with Crippen LogP contribution in [0.1, 0.15) is 0 Å². The number of nitrogens with zero attached hydrogens (tertiary/aromatic N) is 4. The number of anilines is 1. The molecule has 96 valence electrons. The van der Waals surface area contributed by atoms with Crippen molar-refractivity contribution in [2.75, 3.05) is 5.73 Å². The van der Waals surface area contributed by atoms with E-state index in [1.807, 2.05) is 24.3 Å². The maximum Gasteiger partial charge on any atom is 0.343 e. The summed E-state index contributed by atoms with van der Waals surface area (Å²) in [6.45, 7) is 0. The van der Waals surface area contributed by atoms with Crippen molar-refractivity contribution >= 4 is 28.6 Å². The zero-order chi connectivity index (χ0) is 13.4. The zero-order valence-corrected chi connectivity index (χ0v) is 10.8. The van der Waals surface area contributed by atoms with Crippen molar-refractivity contribution in [1.82, 2.24) is 24.7 Å². The second-order valence-electron chi connectivity index (χ2n) is 3.88. The van der Waals surface area contributed by atoms with Crippen LogP contribution in [0.4, 0.5) is 5.82 Å². The summed E-state index contributed by atoms with van der Waals surface area (Å²) in [4.78, 5) is 20.0. The minimum absolute atomic E-state index is 0.283. The molecule has 0 amide bonds. The van der Waals surface area contributed by atoms with Crippen molar-refractivity contribution in [1.29, 1.82) is 0 Å². The van der Waals surface area contributed by atoms with E-state index in [1.54, 1.807) is 7.05 Å². The van der Waals surface area contributed by atoms with Crippen LogP contribution in [-0.4, -0.2) is 24.7 Å². The Labute approximate surface area is 111 Å². The van der Waals surface area contributed by atoms with Gasteiger partial charge in [0.15, 0.2) is 11.0 Å². The van der Waals surface area contributed by atoms with E-state index in [4.69, 9.17) is 5.73 Å². The highest BCUT2D eigenvalue weighted by Gasteiger charge is 2.12. The fraction of sp³-hybridized carbons (Fsp3) is 0.0909. The van der Waals surface area contributed by atoms with Gasteiger partial charge in [-0.15, -0.1) is 5.10 Å². The summed E-state index contributed by atoms with van der Waals surface area (Å²) < 4.78 is 1.39. The molecule has 19 heavy (non-hydrogen) atoms. The van der Waals surface area contributed by atoms with E-state index in [2.05, 4.69) is 20.2 Å². The van der Waals surface area contributed by atoms with Crippen molar-refractivity contribution in [3.63, 3.8) is 0 Å². The Hall–Kier alpha value is -2.35. The lowest BCUT2D eigenvalue weighted by atomic mass is 10.3. The Bertz CT molecular complexity index is 808. The minimum Gasteiger partial charge on any atom is -0.381 e. The molecule has 3 rings (SSSR count). The number of fused-ring (bicyclic) bond motifs is 1. The van der Waals surface area contributed by atoms with Crippen LogP contribution < -0.4 is 11.4 Å². The first-order chi connectivity index (χ1) is 9.15. The van der Waals surface area contributed by atoms with Crippen LogP contribution in [0.2, 0.25) is 0 Å². The molecule has 0 unspecified atom stereocenters. The number of benzene rings is 1. The number of nitrogens with two attached hydrogens (primary N) is 1. The zero-order valence-electron chi connectivity index (χ0n) is 9.99. The monoisotopic (exact) mass is 274 g/mol. The lowest BCUT2D eigenvalue weighted by Gasteiger charge is -2.04. The van der Waals surface area contributed by atoms with Gasteiger partial charge in [0.25, 0.3) is 0 Å². The van der Waals surface area contributed by atoms with Crippen molar-refractivity contribution in [2.45, 2.75) is 10.2 Å². The van der Waals surface area contributed by atoms with E-state index in [-0.39, 0.29) is 5.69 Å². The molecule has 3 aromatic rings. The maximum absolute atomic E-state index is 11.3. The number of aromatic nitrogens is 5. The van der Waals surface area contributed by atoms with Crippen molar-refractivity contribution < 1.29 is 0 Å². The third kappa shape index (κ3) is 2.06. The standard InChI is InChI=1S/C11H10N6OS/c1-17-10(18)15-16-11(17)19-9-8(12)13-6-4-2-3-5-7(6)14-9/h2-5H,1H3,(H2,12,13)(H,15,18). The molecule has 0 bridgehead atoms. The van der Waals surface area contributed by atoms with Gasteiger partial charge < -0.3 is 5.73 Å². The molecule has 0 fully saturated rings. The van der Waals surface area contributed by atoms with Crippen molar-refractivity contribution in [3.05, 3.63) is 34.7 Å². The van der Waals surface area contributed by atoms with Gasteiger partial charge >= 0.3 is 5.69 Å². The third-order valence-corrected chi connectivity index (χ3v) is 3.63. The van der Waals surface area contributed by atoms with Gasteiger partial charge in [-0.3, -0.25) is 4.57 Å². The molecule has 0 aliphatic heterocycles. The third-order valence-electron chi connectivity index (χ3n) is 2.59. The van der Waals surface area contributed by atoms with Gasteiger partial charge in [0.2, 0.25) is 0 Å². The second-order valence-corrected chi connectivity index (χ2v) is 4.83. The van der Waals surface area contributed by atoms with Crippen LogP contribution >= 0.6 is 11.8 Å². The molecule has 0 radical (unpaired) electrons. The number of rotatable bonds is 2. The Morgan fingerprint density at radius 3 is 2.58 bits per heavy atom. The smallest absolute Gasteiger partial charge is 0.343 e. The lowest BCUT2D eigenvalue weighted by Crippen LogP contribution is -2.13. The summed E-state index contributed by atoms with van der Waals surface area (Å²) in [5.41, 5.74) is 7.08. The molecule has 0 aliphatic carbocycles. The maximum atomic E-state index is 11.3. The number of aromatic amines is 1. The van der Waals surface area contributed by atoms with Gasteiger partial charge in [-0.2, -0.15) is 0 Å². The van der Waals surface area contributed by atoms with E-state index in [1.165, 1.54) is 16.3 Å². The van der Waals surface area contributed by atoms with Gasteiger partial charge in [0.1, 0.15) is 5.03 Å². The Morgan fingerprint density at radius 2 is 1.95 bits per heavy atom. The Morgan fingerprint density at radius 1 is 1.26 bits per heavy atom. The van der Waals surface area contributed by atoms with Crippen LogP contribution in [-0.2, 0) is 7.05 Å². The highest BCUT2D eigenvalue weighted by Crippen LogP contribution is 2.28. The van der Waals surface area contributed by atoms with Gasteiger partial charge in [-0.1, -0.05) is 12.1 Å². The SMILES string of the molecule is Cn1c(Sc2nc3ccccc3nc2N)n[nH]c1=O. The highest BCUT2D eigenvalue weighted by molar-refractivity contribution is 7.99. The van der Waals surface area contributed by atoms with E-state index in [9.17, 15) is 4.79 Å². The first kappa shape index (κ1) is 11.7. The van der Waals surface area contributed by atoms with Gasteiger partial charge in [0.05, 0.1) is 11.0 Å². The molecule has 0 atom stereocenters. The normalized spacial score (nSPS) is 11.0. The lowest BCUT2D eigenvalue weighted by molar-refractivity contribution is 0.765. The fourth-order valence-corrected chi connectivity index (χ4v) is 2.36. The molecule has 0 aliphatic rings. The summed E-state index contributed by atoms with van der Waals surface area (Å²) >= 11 is 1.20. The van der Waals surface area contributed by atoms with Crippen molar-refractivity contribution in [3.8, 4) is 0 Å². The molecule has 1 aromatic carbocycles. The number of nitrogens with one attached hydrogen (secondary N) is 1. The van der Waals surface area contributed by atoms with Crippen LogP contribution in [0, 0.1) is 0 Å². The van der Waals surface area contributed by atoms with Crippen molar-refractivity contribution in [2.24, 2.45) is 7.05 Å². The van der Waals surface area contributed by atoms with Crippen LogP contribution in [0.25, 0.3) is 11.0 Å². The van der Waals surface area contributed by atoms with E-state index >= 15 is 0 Å².